The molecule has 4 aromatic rings. The van der Waals surface area contributed by atoms with Gasteiger partial charge in [0.1, 0.15) is 17.2 Å². The highest BCUT2D eigenvalue weighted by molar-refractivity contribution is 5.75. The Balaban J connectivity index is 1.78. The van der Waals surface area contributed by atoms with Gasteiger partial charge in [-0.25, -0.2) is 14.4 Å². The Morgan fingerprint density at radius 2 is 1.83 bits per heavy atom. The zero-order valence-electron chi connectivity index (χ0n) is 12.6. The van der Waals surface area contributed by atoms with E-state index in [1.54, 1.807) is 22.9 Å². The highest BCUT2D eigenvalue weighted by Crippen LogP contribution is 2.18. The number of nitrogen functional groups attached to an aromatic ring is 1. The van der Waals surface area contributed by atoms with Crippen molar-refractivity contribution in [3.63, 3.8) is 0 Å². The molecule has 0 spiro atoms. The summed E-state index contributed by atoms with van der Waals surface area (Å²) in [5.41, 5.74) is 8.49. The van der Waals surface area contributed by atoms with Crippen LogP contribution in [0.4, 0.5) is 10.2 Å². The molecule has 4 rings (SSSR count). The molecule has 0 amide bonds. The van der Waals surface area contributed by atoms with Crippen molar-refractivity contribution in [2.45, 2.75) is 6.42 Å². The minimum atomic E-state index is -0.296. The molecule has 0 atom stereocenters. The lowest BCUT2D eigenvalue weighted by Gasteiger charge is -2.08. The first kappa shape index (κ1) is 14.3. The van der Waals surface area contributed by atoms with E-state index in [0.29, 0.717) is 17.1 Å². The van der Waals surface area contributed by atoms with Gasteiger partial charge in [-0.15, -0.1) is 5.10 Å². The average Bonchev–Trinajstić information content (AvgIpc) is 3.03. The summed E-state index contributed by atoms with van der Waals surface area (Å²) in [4.78, 5) is 8.68. The van der Waals surface area contributed by atoms with Crippen molar-refractivity contribution in [3.8, 4) is 5.82 Å². The van der Waals surface area contributed by atoms with Crippen LogP contribution in [0.5, 0.6) is 0 Å². The van der Waals surface area contributed by atoms with Crippen LogP contribution in [0.2, 0.25) is 0 Å². The summed E-state index contributed by atoms with van der Waals surface area (Å²) in [7, 11) is 0. The first-order valence-corrected chi connectivity index (χ1v) is 7.38. The van der Waals surface area contributed by atoms with Gasteiger partial charge < -0.3 is 5.73 Å². The molecule has 0 radical (unpaired) electrons. The van der Waals surface area contributed by atoms with Crippen molar-refractivity contribution in [2.75, 3.05) is 5.73 Å². The maximum absolute atomic E-state index is 13.9. The van der Waals surface area contributed by atoms with Crippen molar-refractivity contribution < 1.29 is 4.39 Å². The highest BCUT2D eigenvalue weighted by Gasteiger charge is 2.12. The van der Waals surface area contributed by atoms with Crippen molar-refractivity contribution >= 4 is 16.9 Å². The predicted octanol–water partition coefficient (Wildman–Crippen LogP) is 2.52. The number of hydrogen-bond acceptors (Lipinski definition) is 5. The van der Waals surface area contributed by atoms with Crippen LogP contribution in [0, 0.1) is 5.82 Å². The summed E-state index contributed by atoms with van der Waals surface area (Å²) >= 11 is 0. The number of anilines is 1. The lowest BCUT2D eigenvalue weighted by Crippen LogP contribution is -2.08. The van der Waals surface area contributed by atoms with Gasteiger partial charge in [0, 0.05) is 6.42 Å². The summed E-state index contributed by atoms with van der Waals surface area (Å²) < 4.78 is 15.5. The zero-order chi connectivity index (χ0) is 16.5. The second-order valence-corrected chi connectivity index (χ2v) is 5.32. The maximum Gasteiger partial charge on any atom is 0.174 e. The number of hydrogen-bond donors (Lipinski definition) is 1. The lowest BCUT2D eigenvalue weighted by atomic mass is 10.1. The molecule has 0 aliphatic carbocycles. The molecule has 2 N–H and O–H groups in total. The summed E-state index contributed by atoms with van der Waals surface area (Å²) in [6, 6.07) is 14.1. The smallest absolute Gasteiger partial charge is 0.174 e. The highest BCUT2D eigenvalue weighted by atomic mass is 19.1. The van der Waals surface area contributed by atoms with Gasteiger partial charge in [0.25, 0.3) is 0 Å². The monoisotopic (exact) mass is 320 g/mol. The summed E-state index contributed by atoms with van der Waals surface area (Å²) in [5.74, 6) is 0.464. The summed E-state index contributed by atoms with van der Waals surface area (Å²) in [5, 5.41) is 8.21. The average molecular weight is 320 g/mol. The number of fused-ring (bicyclic) bond motifs is 1. The van der Waals surface area contributed by atoms with E-state index in [9.17, 15) is 4.39 Å². The fourth-order valence-electron chi connectivity index (χ4n) is 2.52. The molecule has 24 heavy (non-hydrogen) atoms. The molecule has 0 saturated carbocycles. The van der Waals surface area contributed by atoms with Crippen LogP contribution in [-0.4, -0.2) is 25.0 Å². The Bertz CT molecular complexity index is 1030. The Hall–Kier alpha value is -3.35. The third-order valence-corrected chi connectivity index (χ3v) is 3.75. The predicted molar refractivity (Wildman–Crippen MR) is 88.1 cm³/mol. The molecule has 0 fully saturated rings. The number of nitrogens with zero attached hydrogens (tertiary/aromatic N) is 5. The van der Waals surface area contributed by atoms with Crippen LogP contribution in [0.25, 0.3) is 16.9 Å². The van der Waals surface area contributed by atoms with Crippen LogP contribution in [-0.2, 0) is 6.42 Å². The molecule has 2 aromatic heterocycles. The van der Waals surface area contributed by atoms with Crippen LogP contribution in [0.3, 0.4) is 0 Å². The van der Waals surface area contributed by atoms with Crippen molar-refractivity contribution in [2.24, 2.45) is 0 Å². The quantitative estimate of drug-likeness (QED) is 0.627. The molecular weight excluding hydrogens is 307 g/mol. The first-order chi connectivity index (χ1) is 11.7. The van der Waals surface area contributed by atoms with Crippen LogP contribution in [0.15, 0.2) is 54.7 Å². The maximum atomic E-state index is 13.9. The molecule has 0 bridgehead atoms. The van der Waals surface area contributed by atoms with Gasteiger partial charge in [0.05, 0.1) is 17.4 Å². The summed E-state index contributed by atoms with van der Waals surface area (Å²) in [6.45, 7) is 0. The molecular formula is C17H13FN6. The van der Waals surface area contributed by atoms with Gasteiger partial charge in [-0.05, 0) is 23.8 Å². The number of para-hydroxylation sites is 1. The van der Waals surface area contributed by atoms with Crippen molar-refractivity contribution in [1.29, 1.82) is 0 Å². The van der Waals surface area contributed by atoms with Crippen LogP contribution >= 0.6 is 0 Å². The minimum absolute atomic E-state index is 0.256. The van der Waals surface area contributed by atoms with E-state index in [1.807, 2.05) is 24.3 Å². The lowest BCUT2D eigenvalue weighted by molar-refractivity contribution is 0.613. The van der Waals surface area contributed by atoms with E-state index < -0.39 is 0 Å². The third kappa shape index (κ3) is 2.45. The molecule has 6 nitrogen and oxygen atoms in total. The standard InChI is InChI=1S/C17H13FN6/c18-12-6-2-1-5-11(12)9-14-17(19)20-10-16(21-14)24-15-8-4-3-7-13(15)22-23-24/h1-8,10H,9H2,(H2,19,20). The van der Waals surface area contributed by atoms with E-state index in [0.717, 1.165) is 11.0 Å². The van der Waals surface area contributed by atoms with Gasteiger partial charge in [-0.3, -0.25) is 0 Å². The molecule has 2 heterocycles. The minimum Gasteiger partial charge on any atom is -0.382 e. The second-order valence-electron chi connectivity index (χ2n) is 5.32. The van der Waals surface area contributed by atoms with E-state index >= 15 is 0 Å². The van der Waals surface area contributed by atoms with Gasteiger partial charge >= 0.3 is 0 Å². The van der Waals surface area contributed by atoms with Gasteiger partial charge in [0.2, 0.25) is 0 Å². The molecule has 118 valence electrons. The molecule has 0 saturated heterocycles. The zero-order valence-corrected chi connectivity index (χ0v) is 12.6. The SMILES string of the molecule is Nc1ncc(-n2nnc3ccccc32)nc1Cc1ccccc1F. The third-order valence-electron chi connectivity index (χ3n) is 3.75. The van der Waals surface area contributed by atoms with E-state index in [-0.39, 0.29) is 18.1 Å². The molecule has 0 aliphatic rings. The Labute approximate surface area is 136 Å². The number of nitrogens with two attached hydrogens (primary N) is 1. The normalized spacial score (nSPS) is 11.0. The Morgan fingerprint density at radius 1 is 1.04 bits per heavy atom. The fourth-order valence-corrected chi connectivity index (χ4v) is 2.52. The van der Waals surface area contributed by atoms with Crippen molar-refractivity contribution in [1.82, 2.24) is 25.0 Å². The number of aromatic nitrogens is 5. The van der Waals surface area contributed by atoms with E-state index in [4.69, 9.17) is 5.73 Å². The summed E-state index contributed by atoms with van der Waals surface area (Å²) in [6.07, 6.45) is 1.79. The van der Waals surface area contributed by atoms with Gasteiger partial charge in [0.15, 0.2) is 5.82 Å². The topological polar surface area (TPSA) is 82.5 Å². The molecule has 0 aliphatic heterocycles. The van der Waals surface area contributed by atoms with Crippen LogP contribution in [0.1, 0.15) is 11.3 Å². The Kier molecular flexibility index (Phi) is 3.38. The van der Waals surface area contributed by atoms with Gasteiger partial charge in [-0.1, -0.05) is 35.5 Å². The van der Waals surface area contributed by atoms with Crippen molar-refractivity contribution in [3.05, 3.63) is 71.8 Å². The van der Waals surface area contributed by atoms with E-state index in [1.165, 1.54) is 12.3 Å². The number of benzene rings is 2. The molecule has 0 unspecified atom stereocenters. The number of rotatable bonds is 3. The largest absolute Gasteiger partial charge is 0.382 e. The van der Waals surface area contributed by atoms with Gasteiger partial charge in [-0.2, -0.15) is 4.68 Å². The Morgan fingerprint density at radius 3 is 2.71 bits per heavy atom. The molecule has 2 aromatic carbocycles. The van der Waals surface area contributed by atoms with Crippen LogP contribution < -0.4 is 5.73 Å². The first-order valence-electron chi connectivity index (χ1n) is 7.38. The number of halogens is 1. The second kappa shape index (κ2) is 5.69. The fraction of sp³-hybridized carbons (Fsp3) is 0.0588. The molecule has 7 heteroatoms. The van der Waals surface area contributed by atoms with E-state index in [2.05, 4.69) is 20.3 Å².